The lowest BCUT2D eigenvalue weighted by atomic mass is 9.87. The van der Waals surface area contributed by atoms with Gasteiger partial charge < -0.3 is 10.8 Å². The van der Waals surface area contributed by atoms with Gasteiger partial charge in [-0.15, -0.1) is 11.8 Å². The van der Waals surface area contributed by atoms with E-state index in [2.05, 4.69) is 0 Å². The second-order valence-corrected chi connectivity index (χ2v) is 5.47. The van der Waals surface area contributed by atoms with Crippen LogP contribution in [-0.4, -0.2) is 22.6 Å². The number of carbonyl (C=O) groups is 2. The highest BCUT2D eigenvalue weighted by Gasteiger charge is 2.34. The number of thioether (sulfide) groups is 1. The molecule has 96 valence electrons. The average Bonchev–Trinajstić information content (AvgIpc) is 2.36. The van der Waals surface area contributed by atoms with Crippen LogP contribution >= 0.6 is 11.8 Å². The molecule has 0 aliphatic carbocycles. The maximum absolute atomic E-state index is 11.4. The fraction of sp³-hybridized carbons (Fsp3) is 0.385. The Hall–Kier alpha value is -1.33. The number of nitrogens with two attached hydrogens (primary N) is 1. The molecule has 2 rings (SSSR count). The van der Waals surface area contributed by atoms with Crippen molar-refractivity contribution in [2.45, 2.75) is 30.2 Å². The zero-order chi connectivity index (χ0) is 13.3. The Balaban J connectivity index is 2.45. The zero-order valence-corrected chi connectivity index (χ0v) is 10.9. The lowest BCUT2D eigenvalue weighted by molar-refractivity contribution is -0.143. The molecule has 0 saturated heterocycles. The van der Waals surface area contributed by atoms with Gasteiger partial charge in [-0.05, 0) is 23.6 Å². The second kappa shape index (κ2) is 4.74. The number of aliphatic carboxylic acids is 1. The first-order valence-electron chi connectivity index (χ1n) is 5.77. The van der Waals surface area contributed by atoms with Crippen molar-refractivity contribution >= 4 is 23.5 Å². The highest BCUT2D eigenvalue weighted by atomic mass is 32.2. The molecule has 4 nitrogen and oxygen atoms in total. The number of carbonyl (C=O) groups excluding carboxylic acids is 1. The van der Waals surface area contributed by atoms with Gasteiger partial charge in [-0.3, -0.25) is 4.79 Å². The molecule has 0 radical (unpaired) electrons. The first-order chi connectivity index (χ1) is 8.47. The molecule has 18 heavy (non-hydrogen) atoms. The van der Waals surface area contributed by atoms with E-state index in [9.17, 15) is 14.7 Å². The summed E-state index contributed by atoms with van der Waals surface area (Å²) in [6.07, 6.45) is 0.678. The van der Waals surface area contributed by atoms with E-state index in [0.29, 0.717) is 24.2 Å². The van der Waals surface area contributed by atoms with E-state index in [1.807, 2.05) is 6.07 Å². The van der Waals surface area contributed by atoms with Crippen molar-refractivity contribution in [1.29, 1.82) is 0 Å². The smallest absolute Gasteiger partial charge is 0.328 e. The van der Waals surface area contributed by atoms with Crippen LogP contribution in [0.25, 0.3) is 0 Å². The summed E-state index contributed by atoms with van der Waals surface area (Å²) in [5.41, 5.74) is 6.01. The molecule has 0 aromatic heterocycles. The first-order valence-corrected chi connectivity index (χ1v) is 6.76. The Morgan fingerprint density at radius 3 is 2.89 bits per heavy atom. The Bertz CT molecular complexity index is 515. The molecule has 1 aromatic carbocycles. The predicted molar refractivity (Wildman–Crippen MR) is 69.7 cm³/mol. The summed E-state index contributed by atoms with van der Waals surface area (Å²) >= 11 is 1.49. The molecule has 0 spiro atoms. The number of fused-ring (bicyclic) bond motifs is 1. The van der Waals surface area contributed by atoms with Gasteiger partial charge in [0.25, 0.3) is 0 Å². The summed E-state index contributed by atoms with van der Waals surface area (Å²) in [7, 11) is 0. The summed E-state index contributed by atoms with van der Waals surface area (Å²) in [5.74, 6) is -0.383. The number of ketones is 1. The highest BCUT2D eigenvalue weighted by Crippen LogP contribution is 2.32. The number of rotatable bonds is 3. The number of benzene rings is 1. The largest absolute Gasteiger partial charge is 0.480 e. The van der Waals surface area contributed by atoms with Crippen molar-refractivity contribution in [1.82, 2.24) is 0 Å². The van der Waals surface area contributed by atoms with Crippen LogP contribution in [0.1, 0.15) is 24.5 Å². The maximum atomic E-state index is 11.4. The summed E-state index contributed by atoms with van der Waals surface area (Å²) in [6, 6.07) is 5.37. The molecule has 1 heterocycles. The summed E-state index contributed by atoms with van der Waals surface area (Å²) in [4.78, 5) is 23.8. The summed E-state index contributed by atoms with van der Waals surface area (Å²) < 4.78 is 0. The van der Waals surface area contributed by atoms with Crippen molar-refractivity contribution < 1.29 is 14.7 Å². The molecular formula is C13H15NO3S. The Morgan fingerprint density at radius 1 is 1.56 bits per heavy atom. The van der Waals surface area contributed by atoms with E-state index >= 15 is 0 Å². The standard InChI is InChI=1S/C13H15NO3S/c1-2-13(14,12(16)17)9-3-4-11-8(5-9)6-10(15)7-18-11/h3-5H,2,6-7,14H2,1H3,(H,16,17). The number of Topliss-reactive ketones (excluding diaryl/α,β-unsaturated/α-hetero) is 1. The Morgan fingerprint density at radius 2 is 2.28 bits per heavy atom. The van der Waals surface area contributed by atoms with Crippen LogP contribution in [-0.2, 0) is 21.5 Å². The van der Waals surface area contributed by atoms with Crippen molar-refractivity contribution in [3.63, 3.8) is 0 Å². The first kappa shape index (κ1) is 13.1. The number of carboxylic acid groups (broad SMARTS) is 1. The summed E-state index contributed by atoms with van der Waals surface area (Å²) in [5, 5.41) is 9.24. The molecule has 3 N–H and O–H groups in total. The third-order valence-corrected chi connectivity index (χ3v) is 4.47. The number of hydrogen-bond acceptors (Lipinski definition) is 4. The van der Waals surface area contributed by atoms with Gasteiger partial charge in [0.15, 0.2) is 0 Å². The normalized spacial score (nSPS) is 18.0. The molecule has 0 amide bonds. The minimum atomic E-state index is -1.37. The van der Waals surface area contributed by atoms with Crippen molar-refractivity contribution in [2.24, 2.45) is 5.73 Å². The minimum Gasteiger partial charge on any atom is -0.480 e. The molecule has 5 heteroatoms. The molecule has 1 atom stereocenters. The topological polar surface area (TPSA) is 80.4 Å². The van der Waals surface area contributed by atoms with E-state index in [4.69, 9.17) is 5.73 Å². The van der Waals surface area contributed by atoms with E-state index < -0.39 is 11.5 Å². The van der Waals surface area contributed by atoms with Gasteiger partial charge in [-0.25, -0.2) is 4.79 Å². The third-order valence-electron chi connectivity index (χ3n) is 3.29. The van der Waals surface area contributed by atoms with Crippen molar-refractivity contribution in [3.8, 4) is 0 Å². The maximum Gasteiger partial charge on any atom is 0.328 e. The van der Waals surface area contributed by atoms with Gasteiger partial charge in [-0.1, -0.05) is 19.1 Å². The lowest BCUT2D eigenvalue weighted by Crippen LogP contribution is -2.44. The van der Waals surface area contributed by atoms with Crippen LogP contribution in [0.4, 0.5) is 0 Å². The number of carboxylic acids is 1. The van der Waals surface area contributed by atoms with Crippen LogP contribution < -0.4 is 5.73 Å². The second-order valence-electron chi connectivity index (χ2n) is 4.46. The Kier molecular flexibility index (Phi) is 3.45. The predicted octanol–water partition coefficient (Wildman–Crippen LogP) is 1.55. The average molecular weight is 265 g/mol. The van der Waals surface area contributed by atoms with E-state index in [-0.39, 0.29) is 5.78 Å². The molecule has 1 aromatic rings. The molecule has 0 bridgehead atoms. The third kappa shape index (κ3) is 2.15. The van der Waals surface area contributed by atoms with Gasteiger partial charge in [0.2, 0.25) is 0 Å². The zero-order valence-electron chi connectivity index (χ0n) is 10.1. The molecule has 1 aliphatic rings. The molecule has 0 fully saturated rings. The number of hydrogen-bond donors (Lipinski definition) is 2. The van der Waals surface area contributed by atoms with Gasteiger partial charge >= 0.3 is 5.97 Å². The fourth-order valence-corrected chi connectivity index (χ4v) is 2.94. The van der Waals surface area contributed by atoms with Gasteiger partial charge in [-0.2, -0.15) is 0 Å². The molecule has 1 unspecified atom stereocenters. The minimum absolute atomic E-state index is 0.166. The highest BCUT2D eigenvalue weighted by molar-refractivity contribution is 8.00. The van der Waals surface area contributed by atoms with Gasteiger partial charge in [0, 0.05) is 11.3 Å². The van der Waals surface area contributed by atoms with Gasteiger partial charge in [0.1, 0.15) is 11.3 Å². The van der Waals surface area contributed by atoms with Crippen molar-refractivity contribution in [3.05, 3.63) is 29.3 Å². The van der Waals surface area contributed by atoms with Crippen molar-refractivity contribution in [2.75, 3.05) is 5.75 Å². The molecule has 1 aliphatic heterocycles. The molecular weight excluding hydrogens is 250 g/mol. The van der Waals surface area contributed by atoms with E-state index in [1.54, 1.807) is 19.1 Å². The molecule has 0 saturated carbocycles. The monoisotopic (exact) mass is 265 g/mol. The van der Waals surface area contributed by atoms with Crippen LogP contribution in [0.5, 0.6) is 0 Å². The quantitative estimate of drug-likeness (QED) is 0.866. The lowest BCUT2D eigenvalue weighted by Gasteiger charge is -2.25. The summed E-state index contributed by atoms with van der Waals surface area (Å²) in [6.45, 7) is 1.74. The van der Waals surface area contributed by atoms with E-state index in [1.165, 1.54) is 11.8 Å². The van der Waals surface area contributed by atoms with Crippen LogP contribution in [0.15, 0.2) is 23.1 Å². The van der Waals surface area contributed by atoms with Gasteiger partial charge in [0.05, 0.1) is 5.75 Å². The van der Waals surface area contributed by atoms with Crippen LogP contribution in [0, 0.1) is 0 Å². The SMILES string of the molecule is CCC(N)(C(=O)O)c1ccc2c(c1)CC(=O)CS2. The van der Waals surface area contributed by atoms with Crippen LogP contribution in [0.3, 0.4) is 0 Å². The fourth-order valence-electron chi connectivity index (χ4n) is 2.04. The van der Waals surface area contributed by atoms with E-state index in [0.717, 1.165) is 10.5 Å². The van der Waals surface area contributed by atoms with Crippen LogP contribution in [0.2, 0.25) is 0 Å². The Labute approximate surface area is 110 Å².